The van der Waals surface area contributed by atoms with Gasteiger partial charge in [0.2, 0.25) is 0 Å². The van der Waals surface area contributed by atoms with Crippen molar-refractivity contribution >= 4 is 16.9 Å². The molecule has 41 heavy (non-hydrogen) atoms. The highest BCUT2D eigenvalue weighted by Crippen LogP contribution is 2.43. The third-order valence-electron chi connectivity index (χ3n) is 10.00. The van der Waals surface area contributed by atoms with Crippen LogP contribution >= 0.6 is 0 Å². The summed E-state index contributed by atoms with van der Waals surface area (Å²) in [6.07, 6.45) is 12.5. The van der Waals surface area contributed by atoms with Gasteiger partial charge >= 0.3 is 5.97 Å². The van der Waals surface area contributed by atoms with E-state index in [1.54, 1.807) is 7.11 Å². The molecule has 2 aromatic rings. The quantitative estimate of drug-likeness (QED) is 0.351. The Morgan fingerprint density at radius 1 is 1.12 bits per heavy atom. The average molecular weight is 568 g/mol. The number of hydrogen-bond acceptors (Lipinski definition) is 7. The second-order valence-electron chi connectivity index (χ2n) is 12.7. The number of methoxy groups -OCH3 is 1. The lowest BCUT2D eigenvalue weighted by Gasteiger charge is -2.42. The maximum absolute atomic E-state index is 12.0. The number of aliphatic carboxylic acids is 1. The van der Waals surface area contributed by atoms with Crippen molar-refractivity contribution in [3.05, 3.63) is 35.5 Å². The predicted octanol–water partition coefficient (Wildman–Crippen LogP) is 5.42. The molecule has 1 saturated carbocycles. The molecule has 3 heterocycles. The van der Waals surface area contributed by atoms with Crippen LogP contribution in [0, 0.1) is 11.3 Å². The van der Waals surface area contributed by atoms with Gasteiger partial charge in [-0.15, -0.1) is 0 Å². The third-order valence-corrected chi connectivity index (χ3v) is 10.00. The van der Waals surface area contributed by atoms with Crippen molar-refractivity contribution in [1.29, 1.82) is 0 Å². The number of aliphatic hydroxyl groups is 1. The molecular weight excluding hydrogens is 518 g/mol. The van der Waals surface area contributed by atoms with E-state index >= 15 is 0 Å². The number of hydrogen-bond donors (Lipinski definition) is 2. The Morgan fingerprint density at radius 3 is 2.59 bits per heavy atom. The van der Waals surface area contributed by atoms with Crippen molar-refractivity contribution in [1.82, 2.24) is 14.8 Å². The van der Waals surface area contributed by atoms with Gasteiger partial charge < -0.3 is 24.6 Å². The summed E-state index contributed by atoms with van der Waals surface area (Å²) in [7, 11) is 1.65. The Hall–Kier alpha value is -2.26. The molecule has 1 aromatic heterocycles. The summed E-state index contributed by atoms with van der Waals surface area (Å²) < 4.78 is 11.1. The van der Waals surface area contributed by atoms with Crippen molar-refractivity contribution in [2.24, 2.45) is 11.3 Å². The fourth-order valence-corrected chi connectivity index (χ4v) is 7.40. The van der Waals surface area contributed by atoms with Gasteiger partial charge in [0.05, 0.1) is 38.4 Å². The van der Waals surface area contributed by atoms with Gasteiger partial charge in [0.1, 0.15) is 5.75 Å². The van der Waals surface area contributed by atoms with Crippen LogP contribution in [0.3, 0.4) is 0 Å². The summed E-state index contributed by atoms with van der Waals surface area (Å²) in [4.78, 5) is 21.6. The average Bonchev–Trinajstić information content (AvgIpc) is 3.00. The normalized spacial score (nSPS) is 21.6. The first-order valence-electron chi connectivity index (χ1n) is 15.8. The predicted molar refractivity (Wildman–Crippen MR) is 160 cm³/mol. The summed E-state index contributed by atoms with van der Waals surface area (Å²) in [6, 6.07) is 5.82. The Morgan fingerprint density at radius 2 is 1.88 bits per heavy atom. The molecule has 2 aliphatic heterocycles. The van der Waals surface area contributed by atoms with E-state index in [4.69, 9.17) is 14.5 Å². The van der Waals surface area contributed by atoms with Crippen molar-refractivity contribution in [2.75, 3.05) is 53.0 Å². The molecule has 0 bridgehead atoms. The van der Waals surface area contributed by atoms with E-state index in [1.807, 2.05) is 24.4 Å². The summed E-state index contributed by atoms with van der Waals surface area (Å²) >= 11 is 0. The number of carboxylic acid groups (broad SMARTS) is 1. The lowest BCUT2D eigenvalue weighted by Crippen LogP contribution is -2.42. The van der Waals surface area contributed by atoms with Gasteiger partial charge in [-0.1, -0.05) is 32.1 Å². The number of fused-ring (bicyclic) bond motifs is 1. The zero-order valence-corrected chi connectivity index (χ0v) is 24.9. The summed E-state index contributed by atoms with van der Waals surface area (Å²) in [5.74, 6) is 0.867. The van der Waals surface area contributed by atoms with Gasteiger partial charge in [-0.3, -0.25) is 14.7 Å². The Labute approximate surface area is 245 Å². The fourth-order valence-electron chi connectivity index (χ4n) is 7.40. The molecule has 8 heteroatoms. The molecule has 2 N–H and O–H groups in total. The van der Waals surface area contributed by atoms with Crippen LogP contribution in [0.2, 0.25) is 0 Å². The SMILES string of the molecule is COc1ccc2ncc(CN3CCOCC3)c([C@@H](O)CCC3(CC(=O)O)CCN(CCC4CCCCC4)CC3)c2c1. The Balaban J connectivity index is 1.29. The Bertz CT molecular complexity index is 1140. The zero-order chi connectivity index (χ0) is 28.7. The van der Waals surface area contributed by atoms with Crippen LogP contribution in [0.15, 0.2) is 24.4 Å². The molecule has 2 saturated heterocycles. The standard InChI is InChI=1S/C33H49N3O5/c1-40-27-7-8-29-28(21-27)32(26(23-34-29)24-36-17-19-41-20-18-36)30(37)9-11-33(22-31(38)39)12-15-35(16-13-33)14-10-25-5-3-2-4-6-25/h7-8,21,23,25,30,37H,2-6,9-20,22,24H2,1H3,(H,38,39)/t30-/m0/s1. The molecule has 1 aliphatic carbocycles. The lowest BCUT2D eigenvalue weighted by molar-refractivity contribution is -0.141. The van der Waals surface area contributed by atoms with Crippen LogP contribution in [0.1, 0.15) is 87.9 Å². The van der Waals surface area contributed by atoms with Crippen molar-refractivity contribution in [2.45, 2.75) is 83.3 Å². The second-order valence-corrected chi connectivity index (χ2v) is 12.7. The number of rotatable bonds is 12. The number of morpholine rings is 1. The molecule has 1 aromatic carbocycles. The number of aliphatic hydroxyl groups excluding tert-OH is 1. The van der Waals surface area contributed by atoms with Gasteiger partial charge in [-0.05, 0) is 92.4 Å². The number of benzene rings is 1. The minimum Gasteiger partial charge on any atom is -0.497 e. The van der Waals surface area contributed by atoms with Crippen LogP contribution in [0.4, 0.5) is 0 Å². The molecule has 0 radical (unpaired) electrons. The largest absolute Gasteiger partial charge is 0.497 e. The molecule has 3 aliphatic rings. The van der Waals surface area contributed by atoms with Crippen molar-refractivity contribution < 1.29 is 24.5 Å². The van der Waals surface area contributed by atoms with Gasteiger partial charge in [0.15, 0.2) is 0 Å². The van der Waals surface area contributed by atoms with Crippen LogP contribution in [0.25, 0.3) is 10.9 Å². The van der Waals surface area contributed by atoms with Crippen molar-refractivity contribution in [3.63, 3.8) is 0 Å². The van der Waals surface area contributed by atoms with E-state index in [1.165, 1.54) is 38.5 Å². The summed E-state index contributed by atoms with van der Waals surface area (Å²) in [5.41, 5.74) is 2.47. The molecule has 3 fully saturated rings. The minimum absolute atomic E-state index is 0.168. The van der Waals surface area contributed by atoms with E-state index < -0.39 is 12.1 Å². The number of carboxylic acids is 1. The van der Waals surface area contributed by atoms with E-state index in [-0.39, 0.29) is 11.8 Å². The number of likely N-dealkylation sites (tertiary alicyclic amines) is 1. The summed E-state index contributed by atoms with van der Waals surface area (Å²) in [5, 5.41) is 22.6. The summed E-state index contributed by atoms with van der Waals surface area (Å²) in [6.45, 7) is 6.86. The maximum Gasteiger partial charge on any atom is 0.303 e. The smallest absolute Gasteiger partial charge is 0.303 e. The molecule has 0 amide bonds. The number of aromatic nitrogens is 1. The molecule has 0 unspecified atom stereocenters. The highest BCUT2D eigenvalue weighted by molar-refractivity contribution is 5.85. The minimum atomic E-state index is -0.734. The number of pyridine rings is 1. The Kier molecular flexibility index (Phi) is 10.5. The van der Waals surface area contributed by atoms with Crippen LogP contribution in [-0.2, 0) is 16.1 Å². The monoisotopic (exact) mass is 567 g/mol. The van der Waals surface area contributed by atoms with Gasteiger partial charge in [0, 0.05) is 31.2 Å². The fraction of sp³-hybridized carbons (Fsp3) is 0.697. The number of nitrogens with zero attached hydrogens (tertiary/aromatic N) is 3. The molecule has 8 nitrogen and oxygen atoms in total. The first kappa shape index (κ1) is 30.2. The topological polar surface area (TPSA) is 95.4 Å². The second kappa shape index (κ2) is 14.3. The van der Waals surface area contributed by atoms with Crippen LogP contribution in [-0.4, -0.2) is 84.0 Å². The third kappa shape index (κ3) is 7.98. The molecule has 1 atom stereocenters. The first-order chi connectivity index (χ1) is 19.9. The highest BCUT2D eigenvalue weighted by Gasteiger charge is 2.37. The molecule has 0 spiro atoms. The van der Waals surface area contributed by atoms with Crippen molar-refractivity contribution in [3.8, 4) is 5.75 Å². The zero-order valence-electron chi connectivity index (χ0n) is 24.9. The highest BCUT2D eigenvalue weighted by atomic mass is 16.5. The maximum atomic E-state index is 12.0. The molecular formula is C33H49N3O5. The molecule has 5 rings (SSSR count). The van der Waals surface area contributed by atoms with E-state index in [2.05, 4.69) is 9.80 Å². The van der Waals surface area contributed by atoms with E-state index in [0.717, 1.165) is 79.3 Å². The van der Waals surface area contributed by atoms with Crippen LogP contribution in [0.5, 0.6) is 5.75 Å². The number of piperidine rings is 1. The number of ether oxygens (including phenoxy) is 2. The number of carbonyl (C=O) groups is 1. The van der Waals surface area contributed by atoms with Gasteiger partial charge in [0.25, 0.3) is 0 Å². The van der Waals surface area contributed by atoms with Crippen LogP contribution < -0.4 is 4.74 Å². The van der Waals surface area contributed by atoms with Gasteiger partial charge in [-0.25, -0.2) is 0 Å². The van der Waals surface area contributed by atoms with E-state index in [0.29, 0.717) is 32.6 Å². The lowest BCUT2D eigenvalue weighted by atomic mass is 9.71. The molecule has 226 valence electrons. The van der Waals surface area contributed by atoms with Gasteiger partial charge in [-0.2, -0.15) is 0 Å². The first-order valence-corrected chi connectivity index (χ1v) is 15.8. The van der Waals surface area contributed by atoms with E-state index in [9.17, 15) is 15.0 Å².